The quantitative estimate of drug-likeness (QED) is 0.0665. The van der Waals surface area contributed by atoms with Crippen molar-refractivity contribution in [3.63, 3.8) is 0 Å². The summed E-state index contributed by atoms with van der Waals surface area (Å²) in [6.07, 6.45) is 3.13. The number of benzene rings is 2. The molecule has 2 aromatic carbocycles. The lowest BCUT2D eigenvalue weighted by Crippen LogP contribution is -2.46. The van der Waals surface area contributed by atoms with Gasteiger partial charge in [0, 0.05) is 18.9 Å². The van der Waals surface area contributed by atoms with Gasteiger partial charge >= 0.3 is 19.5 Å². The van der Waals surface area contributed by atoms with E-state index in [0.717, 1.165) is 42.4 Å². The molecule has 0 bridgehead atoms. The van der Waals surface area contributed by atoms with E-state index in [1.165, 1.54) is 0 Å². The summed E-state index contributed by atoms with van der Waals surface area (Å²) in [4.78, 5) is 46.7. The van der Waals surface area contributed by atoms with Crippen LogP contribution in [-0.4, -0.2) is 53.0 Å². The van der Waals surface area contributed by atoms with Crippen LogP contribution >= 0.6 is 7.60 Å². The zero-order valence-electron chi connectivity index (χ0n) is 24.8. The fourth-order valence-corrected chi connectivity index (χ4v) is 5.28. The van der Waals surface area contributed by atoms with Gasteiger partial charge < -0.3 is 20.1 Å². The van der Waals surface area contributed by atoms with Gasteiger partial charge in [0.25, 0.3) is 0 Å². The molecule has 0 aliphatic heterocycles. The molecule has 0 aromatic heterocycles. The summed E-state index contributed by atoms with van der Waals surface area (Å²) in [6.45, 7) is 5.45. The number of hydrogen-bond donors (Lipinski definition) is 4. The fourth-order valence-electron chi connectivity index (χ4n) is 4.14. The van der Waals surface area contributed by atoms with E-state index in [0.29, 0.717) is 6.42 Å². The number of carboxylic acids is 1. The first-order valence-electron chi connectivity index (χ1n) is 14.6. The number of ether oxygens (including phenoxy) is 1. The van der Waals surface area contributed by atoms with Crippen LogP contribution in [-0.2, 0) is 34.6 Å². The third-order valence-corrected chi connectivity index (χ3v) is 7.66. The van der Waals surface area contributed by atoms with Crippen molar-refractivity contribution in [2.75, 3.05) is 12.8 Å². The molecule has 2 unspecified atom stereocenters. The average Bonchev–Trinajstić information content (AvgIpc) is 2.95. The highest BCUT2D eigenvalue weighted by molar-refractivity contribution is 7.52. The van der Waals surface area contributed by atoms with Gasteiger partial charge in [-0.25, -0.2) is 0 Å². The Labute approximate surface area is 248 Å². The van der Waals surface area contributed by atoms with Gasteiger partial charge in [0.2, 0.25) is 12.2 Å². The number of nitrogens with one attached hydrogen (secondary N) is 2. The lowest BCUT2D eigenvalue weighted by Gasteiger charge is -2.26. The Balaban J connectivity index is 2.03. The molecule has 4 N–H and O–H groups in total. The molecule has 0 saturated carbocycles. The van der Waals surface area contributed by atoms with Crippen LogP contribution in [0.4, 0.5) is 0 Å². The maximum Gasteiger partial charge on any atom is 0.344 e. The number of carboxylic acid groups (broad SMARTS) is 1. The van der Waals surface area contributed by atoms with E-state index in [9.17, 15) is 23.8 Å². The lowest BCUT2D eigenvalue weighted by molar-refractivity contribution is -0.170. The van der Waals surface area contributed by atoms with Crippen LogP contribution in [0.5, 0.6) is 0 Å². The number of carbonyl (C=O) groups is 3. The molecule has 0 aliphatic carbocycles. The predicted molar refractivity (Wildman–Crippen MR) is 162 cm³/mol. The molecule has 0 saturated heterocycles. The SMILES string of the molecule is CCCCCCCC(=O)O[C@@H](OP(=O)(O)CNC(Cc1ccc(-c2ccccc2)cc1)C(=O)NCCC(=O)O)C(C)C. The van der Waals surface area contributed by atoms with E-state index >= 15 is 0 Å². The van der Waals surface area contributed by atoms with Gasteiger partial charge in [0.15, 0.2) is 0 Å². The van der Waals surface area contributed by atoms with Gasteiger partial charge in [0.1, 0.15) is 0 Å². The molecule has 232 valence electrons. The van der Waals surface area contributed by atoms with Crippen molar-refractivity contribution in [1.82, 2.24) is 10.6 Å². The van der Waals surface area contributed by atoms with Crippen LogP contribution in [0.1, 0.15) is 71.3 Å². The summed E-state index contributed by atoms with van der Waals surface area (Å²) in [7, 11) is -4.35. The number of carbonyl (C=O) groups excluding carboxylic acids is 2. The van der Waals surface area contributed by atoms with Crippen LogP contribution in [0.3, 0.4) is 0 Å². The first kappa shape index (κ1) is 35.2. The van der Waals surface area contributed by atoms with Crippen molar-refractivity contribution >= 4 is 25.4 Å². The highest BCUT2D eigenvalue weighted by Gasteiger charge is 2.31. The van der Waals surface area contributed by atoms with E-state index in [-0.39, 0.29) is 31.7 Å². The minimum atomic E-state index is -4.35. The summed E-state index contributed by atoms with van der Waals surface area (Å²) < 4.78 is 23.7. The van der Waals surface area contributed by atoms with Gasteiger partial charge in [-0.05, 0) is 29.5 Å². The van der Waals surface area contributed by atoms with Crippen molar-refractivity contribution in [2.24, 2.45) is 5.92 Å². The number of esters is 1. The summed E-state index contributed by atoms with van der Waals surface area (Å²) in [6, 6.07) is 16.4. The molecule has 11 heteroatoms. The lowest BCUT2D eigenvalue weighted by atomic mass is 10.0. The highest BCUT2D eigenvalue weighted by atomic mass is 31.2. The summed E-state index contributed by atoms with van der Waals surface area (Å²) in [5.41, 5.74) is 2.83. The van der Waals surface area contributed by atoms with E-state index < -0.39 is 44.1 Å². The molecule has 10 nitrogen and oxygen atoms in total. The fraction of sp³-hybridized carbons (Fsp3) is 0.516. The molecular formula is C31H45N2O8P. The van der Waals surface area contributed by atoms with Crippen LogP contribution in [0.25, 0.3) is 11.1 Å². The maximum absolute atomic E-state index is 13.0. The molecule has 2 rings (SSSR count). The number of hydrogen-bond acceptors (Lipinski definition) is 7. The Bertz CT molecular complexity index is 1160. The first-order valence-corrected chi connectivity index (χ1v) is 16.3. The zero-order valence-corrected chi connectivity index (χ0v) is 25.7. The van der Waals surface area contributed by atoms with E-state index in [1.54, 1.807) is 13.8 Å². The Morgan fingerprint density at radius 1 is 0.905 bits per heavy atom. The maximum atomic E-state index is 13.0. The van der Waals surface area contributed by atoms with E-state index in [1.807, 2.05) is 54.6 Å². The van der Waals surface area contributed by atoms with Crippen LogP contribution in [0, 0.1) is 5.92 Å². The Kier molecular flexibility index (Phi) is 15.5. The van der Waals surface area contributed by atoms with Crippen molar-refractivity contribution in [1.29, 1.82) is 0 Å². The number of rotatable bonds is 20. The standard InChI is InChI=1S/C31H45N2O8P/c1-4-5-6-7-11-14-29(36)40-31(23(2)3)41-42(38,39)22-33-27(30(37)32-20-19-28(34)35)21-24-15-17-26(18-16-24)25-12-9-8-10-13-25/h8-10,12-13,15-18,23,27,31,33H,4-7,11,14,19-22H2,1-3H3,(H,32,37)(H,34,35)(H,38,39)/t27?,31-/m0/s1. The smallest absolute Gasteiger partial charge is 0.344 e. The third-order valence-electron chi connectivity index (χ3n) is 6.54. The second-order valence-electron chi connectivity index (χ2n) is 10.6. The number of unbranched alkanes of at least 4 members (excludes halogenated alkanes) is 4. The minimum Gasteiger partial charge on any atom is -0.481 e. The van der Waals surface area contributed by atoms with Gasteiger partial charge in [-0.3, -0.25) is 28.8 Å². The Morgan fingerprint density at radius 3 is 2.17 bits per heavy atom. The Morgan fingerprint density at radius 2 is 1.55 bits per heavy atom. The van der Waals surface area contributed by atoms with E-state index in [2.05, 4.69) is 17.6 Å². The van der Waals surface area contributed by atoms with Crippen molar-refractivity contribution < 1.29 is 38.2 Å². The predicted octanol–water partition coefficient (Wildman–Crippen LogP) is 5.49. The third kappa shape index (κ3) is 13.7. The molecule has 1 amide bonds. The number of amides is 1. The summed E-state index contributed by atoms with van der Waals surface area (Å²) in [5, 5.41) is 14.3. The highest BCUT2D eigenvalue weighted by Crippen LogP contribution is 2.43. The molecule has 0 aliphatic rings. The van der Waals surface area contributed by atoms with Gasteiger partial charge in [0.05, 0.1) is 18.7 Å². The van der Waals surface area contributed by atoms with Crippen LogP contribution < -0.4 is 10.6 Å². The molecule has 42 heavy (non-hydrogen) atoms. The van der Waals surface area contributed by atoms with E-state index in [4.69, 9.17) is 14.4 Å². The monoisotopic (exact) mass is 604 g/mol. The zero-order chi connectivity index (χ0) is 31.0. The van der Waals surface area contributed by atoms with Crippen molar-refractivity contribution in [3.8, 4) is 11.1 Å². The molecule has 3 atom stereocenters. The topological polar surface area (TPSA) is 151 Å². The minimum absolute atomic E-state index is 0.0869. The van der Waals surface area contributed by atoms with Crippen molar-refractivity contribution in [3.05, 3.63) is 60.2 Å². The largest absolute Gasteiger partial charge is 0.481 e. The summed E-state index contributed by atoms with van der Waals surface area (Å²) in [5.74, 6) is -2.45. The molecule has 0 heterocycles. The molecular weight excluding hydrogens is 559 g/mol. The average molecular weight is 605 g/mol. The number of aliphatic carboxylic acids is 1. The molecule has 0 fully saturated rings. The van der Waals surface area contributed by atoms with Gasteiger partial charge in [-0.1, -0.05) is 101 Å². The van der Waals surface area contributed by atoms with Gasteiger partial charge in [-0.15, -0.1) is 0 Å². The molecule has 0 radical (unpaired) electrons. The normalized spacial score (nSPS) is 14.1. The second-order valence-corrected chi connectivity index (χ2v) is 12.4. The second kappa shape index (κ2) is 18.5. The molecule has 2 aromatic rings. The van der Waals surface area contributed by atoms with Gasteiger partial charge in [-0.2, -0.15) is 0 Å². The summed E-state index contributed by atoms with van der Waals surface area (Å²) >= 11 is 0. The van der Waals surface area contributed by atoms with Crippen molar-refractivity contribution in [2.45, 2.75) is 84.5 Å². The van der Waals surface area contributed by atoms with Crippen LogP contribution in [0.15, 0.2) is 54.6 Å². The Hall–Kier alpha value is -3.04. The van der Waals surface area contributed by atoms with Crippen LogP contribution in [0.2, 0.25) is 0 Å². The first-order chi connectivity index (χ1) is 20.0. The molecule has 0 spiro atoms.